The number of rotatable bonds is 8. The standard InChI is InChI=1S/C33H27N3O11/c37-20-11-9-17(10-12-20)30(42)35-22-15-36(33(46)34-19-5-2-1-3-6-19)16-26(22)47-32(45)18-13-24(39)28(25(40)14-18)29(41)27-21(31(43)44)7-4-8-23(27)38/h1-14,22,26,37-40H,15-16H2,(H,34,46)(H,35,42)(H,43,44)/t22-,26-/m0/s1. The van der Waals surface area contributed by atoms with Gasteiger partial charge in [-0.3, -0.25) is 9.59 Å². The molecule has 0 saturated carbocycles. The maximum Gasteiger partial charge on any atom is 0.338 e. The number of ether oxygens (including phenoxy) is 1. The zero-order valence-corrected chi connectivity index (χ0v) is 24.3. The van der Waals surface area contributed by atoms with Gasteiger partial charge < -0.3 is 45.8 Å². The Hall–Kier alpha value is -6.57. The molecule has 1 saturated heterocycles. The maximum atomic E-state index is 13.3. The summed E-state index contributed by atoms with van der Waals surface area (Å²) in [5.74, 6) is -7.02. The number of amides is 3. The molecule has 5 rings (SSSR count). The molecule has 4 aromatic carbocycles. The number of carbonyl (C=O) groups is 5. The van der Waals surface area contributed by atoms with Gasteiger partial charge in [0.15, 0.2) is 0 Å². The first-order valence-corrected chi connectivity index (χ1v) is 14.0. The second-order valence-electron chi connectivity index (χ2n) is 10.5. The molecular weight excluding hydrogens is 614 g/mol. The first-order chi connectivity index (χ1) is 22.4. The number of carboxylic acids is 1. The van der Waals surface area contributed by atoms with Crippen LogP contribution in [0.3, 0.4) is 0 Å². The minimum Gasteiger partial charge on any atom is -0.508 e. The average Bonchev–Trinajstić information content (AvgIpc) is 3.43. The fourth-order valence-electron chi connectivity index (χ4n) is 5.04. The molecule has 7 N–H and O–H groups in total. The topological polar surface area (TPSA) is 223 Å². The quantitative estimate of drug-likeness (QED) is 0.109. The number of ketones is 1. The highest BCUT2D eigenvalue weighted by Crippen LogP contribution is 2.35. The van der Waals surface area contributed by atoms with E-state index in [2.05, 4.69) is 10.6 Å². The molecule has 2 atom stereocenters. The van der Waals surface area contributed by atoms with Crippen molar-refractivity contribution in [1.29, 1.82) is 0 Å². The first-order valence-electron chi connectivity index (χ1n) is 14.0. The van der Waals surface area contributed by atoms with Gasteiger partial charge >= 0.3 is 18.0 Å². The summed E-state index contributed by atoms with van der Waals surface area (Å²) < 4.78 is 5.62. The highest BCUT2D eigenvalue weighted by atomic mass is 16.5. The van der Waals surface area contributed by atoms with Crippen molar-refractivity contribution in [3.63, 3.8) is 0 Å². The zero-order valence-electron chi connectivity index (χ0n) is 24.3. The molecule has 14 nitrogen and oxygen atoms in total. The predicted molar refractivity (Wildman–Crippen MR) is 164 cm³/mol. The number of benzene rings is 4. The van der Waals surface area contributed by atoms with E-state index >= 15 is 0 Å². The summed E-state index contributed by atoms with van der Waals surface area (Å²) in [6.07, 6.45) is -1.12. The highest BCUT2D eigenvalue weighted by Gasteiger charge is 2.39. The van der Waals surface area contributed by atoms with E-state index in [0.29, 0.717) is 5.69 Å². The van der Waals surface area contributed by atoms with E-state index in [0.717, 1.165) is 24.3 Å². The predicted octanol–water partition coefficient (Wildman–Crippen LogP) is 3.31. The SMILES string of the molecule is O=C(N[C@H]1CN(C(=O)Nc2ccccc2)C[C@@H]1OC(=O)c1cc(O)c(C(=O)c2c(O)cccc2C(=O)O)c(O)c1)c1ccc(O)cc1. The summed E-state index contributed by atoms with van der Waals surface area (Å²) in [6.45, 7) is -0.235. The highest BCUT2D eigenvalue weighted by molar-refractivity contribution is 6.18. The van der Waals surface area contributed by atoms with Gasteiger partial charge in [0, 0.05) is 17.8 Å². The van der Waals surface area contributed by atoms with E-state index in [1.165, 1.54) is 35.2 Å². The Morgan fingerprint density at radius 3 is 2.02 bits per heavy atom. The number of para-hydroxylation sites is 1. The number of carboxylic acid groups (broad SMARTS) is 1. The van der Waals surface area contributed by atoms with Gasteiger partial charge in [0.05, 0.1) is 29.3 Å². The van der Waals surface area contributed by atoms with Gasteiger partial charge in [0.2, 0.25) is 5.78 Å². The van der Waals surface area contributed by atoms with E-state index in [1.54, 1.807) is 30.3 Å². The maximum absolute atomic E-state index is 13.3. The molecule has 0 aromatic heterocycles. The normalized spacial score (nSPS) is 15.4. The van der Waals surface area contributed by atoms with E-state index in [4.69, 9.17) is 4.74 Å². The Kier molecular flexibility index (Phi) is 8.94. The number of hydrogen-bond acceptors (Lipinski definition) is 10. The number of nitrogens with one attached hydrogen (secondary N) is 2. The molecule has 0 spiro atoms. The summed E-state index contributed by atoms with van der Waals surface area (Å²) in [6, 6.07) is 17.4. The molecule has 1 fully saturated rings. The third-order valence-corrected chi connectivity index (χ3v) is 7.34. The van der Waals surface area contributed by atoms with Gasteiger partial charge in [-0.25, -0.2) is 14.4 Å². The van der Waals surface area contributed by atoms with Crippen molar-refractivity contribution < 1.29 is 54.2 Å². The van der Waals surface area contributed by atoms with Gasteiger partial charge in [-0.15, -0.1) is 0 Å². The monoisotopic (exact) mass is 641 g/mol. The fraction of sp³-hybridized carbons (Fsp3) is 0.121. The van der Waals surface area contributed by atoms with Gasteiger partial charge in [-0.1, -0.05) is 24.3 Å². The van der Waals surface area contributed by atoms with Crippen molar-refractivity contribution >= 4 is 35.3 Å². The Balaban J connectivity index is 1.38. The van der Waals surface area contributed by atoms with Gasteiger partial charge in [0.1, 0.15) is 34.7 Å². The summed E-state index contributed by atoms with van der Waals surface area (Å²) >= 11 is 0. The van der Waals surface area contributed by atoms with Gasteiger partial charge in [-0.2, -0.15) is 0 Å². The largest absolute Gasteiger partial charge is 0.508 e. The molecule has 1 heterocycles. The molecule has 1 aliphatic heterocycles. The lowest BCUT2D eigenvalue weighted by molar-refractivity contribution is 0.0271. The number of carbonyl (C=O) groups excluding carboxylic acids is 4. The van der Waals surface area contributed by atoms with E-state index < -0.39 is 81.3 Å². The van der Waals surface area contributed by atoms with Crippen molar-refractivity contribution in [1.82, 2.24) is 10.2 Å². The van der Waals surface area contributed by atoms with E-state index in [1.807, 2.05) is 0 Å². The number of aromatic carboxylic acids is 1. The molecule has 0 radical (unpaired) electrons. The van der Waals surface area contributed by atoms with Crippen LogP contribution in [0.4, 0.5) is 10.5 Å². The molecule has 3 amide bonds. The zero-order chi connectivity index (χ0) is 33.8. The van der Waals surface area contributed by atoms with Crippen molar-refractivity contribution in [2.75, 3.05) is 18.4 Å². The molecular formula is C33H27N3O11. The average molecular weight is 642 g/mol. The van der Waals surface area contributed by atoms with E-state index in [-0.39, 0.29) is 24.4 Å². The summed E-state index contributed by atoms with van der Waals surface area (Å²) in [4.78, 5) is 65.3. The van der Waals surface area contributed by atoms with Crippen LogP contribution in [0.15, 0.2) is 84.9 Å². The van der Waals surface area contributed by atoms with E-state index in [9.17, 15) is 49.5 Å². The van der Waals surface area contributed by atoms with Gasteiger partial charge in [0.25, 0.3) is 5.91 Å². The van der Waals surface area contributed by atoms with Crippen molar-refractivity contribution in [3.05, 3.63) is 113 Å². The van der Waals surface area contributed by atoms with Gasteiger partial charge in [-0.05, 0) is 60.7 Å². The Morgan fingerprint density at radius 1 is 0.723 bits per heavy atom. The first kappa shape index (κ1) is 31.8. The van der Waals surface area contributed by atoms with Crippen molar-refractivity contribution in [3.8, 4) is 23.0 Å². The summed E-state index contributed by atoms with van der Waals surface area (Å²) in [7, 11) is 0. The lowest BCUT2D eigenvalue weighted by atomic mass is 9.95. The molecule has 0 unspecified atom stereocenters. The number of urea groups is 1. The third-order valence-electron chi connectivity index (χ3n) is 7.34. The van der Waals surface area contributed by atoms with Crippen molar-refractivity contribution in [2.24, 2.45) is 0 Å². The third kappa shape index (κ3) is 6.91. The minimum absolute atomic E-state index is 0.0555. The lowest BCUT2D eigenvalue weighted by Crippen LogP contribution is -2.44. The second-order valence-corrected chi connectivity index (χ2v) is 10.5. The van der Waals surface area contributed by atoms with Crippen LogP contribution in [0.2, 0.25) is 0 Å². The van der Waals surface area contributed by atoms with Crippen LogP contribution in [0.1, 0.15) is 47.0 Å². The number of anilines is 1. The number of phenolic OH excluding ortho intramolecular Hbond substituents is 4. The second kappa shape index (κ2) is 13.2. The minimum atomic E-state index is -1.54. The molecule has 14 heteroatoms. The molecule has 4 aromatic rings. The lowest BCUT2D eigenvalue weighted by Gasteiger charge is -2.20. The Bertz CT molecular complexity index is 1850. The Morgan fingerprint density at radius 2 is 1.38 bits per heavy atom. The number of aromatic hydroxyl groups is 4. The summed E-state index contributed by atoms with van der Waals surface area (Å²) in [5, 5.41) is 55.9. The number of esters is 1. The van der Waals surface area contributed by atoms with Crippen LogP contribution >= 0.6 is 0 Å². The van der Waals surface area contributed by atoms with Crippen LogP contribution < -0.4 is 10.6 Å². The fourth-order valence-corrected chi connectivity index (χ4v) is 5.04. The number of likely N-dealkylation sites (tertiary alicyclic amines) is 1. The number of hydrogen-bond donors (Lipinski definition) is 7. The van der Waals surface area contributed by atoms with Crippen LogP contribution in [0.25, 0.3) is 0 Å². The summed E-state index contributed by atoms with van der Waals surface area (Å²) in [5.41, 5.74) is -1.77. The number of phenols is 4. The van der Waals surface area contributed by atoms with Crippen LogP contribution in [-0.4, -0.2) is 85.3 Å². The smallest absolute Gasteiger partial charge is 0.338 e. The number of nitrogens with zero attached hydrogens (tertiary/aromatic N) is 1. The molecule has 0 aliphatic carbocycles. The molecule has 0 bridgehead atoms. The van der Waals surface area contributed by atoms with Crippen LogP contribution in [-0.2, 0) is 4.74 Å². The molecule has 47 heavy (non-hydrogen) atoms. The van der Waals surface area contributed by atoms with Crippen molar-refractivity contribution in [2.45, 2.75) is 12.1 Å². The molecule has 240 valence electrons. The molecule has 1 aliphatic rings. The van der Waals surface area contributed by atoms with Crippen LogP contribution in [0.5, 0.6) is 23.0 Å². The Labute approximate surface area is 266 Å². The van der Waals surface area contributed by atoms with Crippen LogP contribution in [0, 0.1) is 0 Å².